The van der Waals surface area contributed by atoms with Crippen molar-refractivity contribution in [2.75, 3.05) is 0 Å². The van der Waals surface area contributed by atoms with Crippen LogP contribution in [0.5, 0.6) is 0 Å². The molecule has 0 aliphatic heterocycles. The maximum Gasteiger partial charge on any atom is 2.00 e. The zero-order valence-electron chi connectivity index (χ0n) is 70.5. The summed E-state index contributed by atoms with van der Waals surface area (Å²) in [5, 5.41) is 9.56. The number of thiazole rings is 3. The number of hydrogen-bond acceptors (Lipinski definition) is 15. The monoisotopic (exact) mass is 2330 g/mol. The minimum Gasteiger partial charge on any atom is -0.473 e. The van der Waals surface area contributed by atoms with E-state index in [-0.39, 0.29) is 63.2 Å². The first-order chi connectivity index (χ1) is 65.4. The van der Waals surface area contributed by atoms with Crippen molar-refractivity contribution in [3.05, 3.63) is 421 Å². The molecule has 0 saturated heterocycles. The van der Waals surface area contributed by atoms with Gasteiger partial charge in [0.05, 0.1) is 91.7 Å². The molecule has 15 aromatic heterocycles. The Balaban J connectivity index is 0.000000116. The van der Waals surface area contributed by atoms with Crippen LogP contribution in [-0.2, 0) is 63.2 Å². The maximum atomic E-state index is 5.53. The van der Waals surface area contributed by atoms with Gasteiger partial charge in [0.1, 0.15) is 0 Å². The van der Waals surface area contributed by atoms with E-state index in [0.29, 0.717) is 0 Å². The predicted octanol–water partition coefficient (Wildman–Crippen LogP) is 30.7. The van der Waals surface area contributed by atoms with Crippen molar-refractivity contribution < 1.29 is 89.7 Å². The van der Waals surface area contributed by atoms with Crippen LogP contribution in [0.2, 0.25) is 0 Å². The number of benzene rings is 12. The zero-order chi connectivity index (χ0) is 87.1. The molecule has 21 heteroatoms. The van der Waals surface area contributed by atoms with Crippen molar-refractivity contribution in [1.29, 1.82) is 0 Å². The number of rotatable bonds is 15. The van der Waals surface area contributed by atoms with E-state index in [2.05, 4.69) is 255 Å². The molecule has 0 aliphatic rings. The normalized spacial score (nSPS) is 11.4. The van der Waals surface area contributed by atoms with Crippen molar-refractivity contribution in [2.45, 2.75) is 0 Å². The van der Waals surface area contributed by atoms with E-state index in [9.17, 15) is 0 Å². The smallest absolute Gasteiger partial charge is 0.473 e. The van der Waals surface area contributed by atoms with Crippen molar-refractivity contribution in [1.82, 2.24) is 43.6 Å². The minimum absolute atomic E-state index is 0. The topological polar surface area (TPSA) is 171 Å². The summed E-state index contributed by atoms with van der Waals surface area (Å²) in [4.78, 5) is 29.0. The summed E-state index contributed by atoms with van der Waals surface area (Å²) in [5.74, 6) is 0. The van der Waals surface area contributed by atoms with E-state index >= 15 is 0 Å². The van der Waals surface area contributed by atoms with Gasteiger partial charge in [-0.2, -0.15) is 34.0 Å². The fourth-order valence-electron chi connectivity index (χ4n) is 17.5. The minimum atomic E-state index is 0. The van der Waals surface area contributed by atoms with Crippen LogP contribution in [-0.4, -0.2) is 43.6 Å². The molecule has 135 heavy (non-hydrogen) atoms. The predicted molar refractivity (Wildman–Crippen MR) is 527 cm³/mol. The van der Waals surface area contributed by atoms with Gasteiger partial charge in [-0.05, 0) is 186 Å². The number of para-hydroxylation sites is 3. The van der Waals surface area contributed by atoms with E-state index in [1.165, 1.54) is 0 Å². The Morgan fingerprint density at radius 3 is 1.10 bits per heavy atom. The van der Waals surface area contributed by atoms with Crippen LogP contribution in [0.1, 0.15) is 0 Å². The molecule has 27 aromatic rings. The summed E-state index contributed by atoms with van der Waals surface area (Å²) in [6, 6.07) is 122. The molecule has 0 spiro atoms. The Bertz CT molecular complexity index is 8910. The average molecular weight is 2340 g/mol. The van der Waals surface area contributed by atoms with Crippen LogP contribution in [0, 0.1) is 36.4 Å². The van der Waals surface area contributed by atoms with Gasteiger partial charge in [0.25, 0.3) is 0 Å². The molecule has 27 rings (SSSR count). The van der Waals surface area contributed by atoms with Gasteiger partial charge < -0.3 is 55.2 Å². The molecule has 0 bridgehead atoms. The Kier molecular flexibility index (Phi) is 23.1. The third-order valence-electron chi connectivity index (χ3n) is 23.9. The Hall–Kier alpha value is -15.1. The van der Waals surface area contributed by atoms with Gasteiger partial charge in [0, 0.05) is 103 Å². The van der Waals surface area contributed by atoms with Crippen molar-refractivity contribution in [3.63, 3.8) is 0 Å². The largest absolute Gasteiger partial charge is 2.00 e. The zero-order valence-corrected chi connectivity index (χ0v) is 79.8. The number of aromatic nitrogens is 9. The maximum absolute atomic E-state index is 5.53. The van der Waals surface area contributed by atoms with Gasteiger partial charge in [0.2, 0.25) is 0 Å². The average Bonchev–Trinajstić information content (AvgIpc) is 1.59. The standard InChI is InChI=1S/3C38H21N3O2S.3Pt/c1-3-7-34-30(5-1)31-13-10-25(38-40-33-6-2-4-8-37(33)44-38)20-36(31)41(34)35-19-24(9-12-29(35)28-16-18-43-23-28)32-14-11-26(21-39-32)27-15-17-42-22-27;1-2-15-39-33(6-1)26-4-3-5-30(18-26)41-35-12-9-24(28-13-16-42-22-28)19-32(35)31-10-7-27(20-36(31)41)38-40-34-11-8-25(21-37(34)44-38)29-14-17-43-23-29;1-2-7-37-34(6-1)40-38(44-37)26-8-11-31-32-19-24(28-14-16-42-22-28)10-13-35(32)41(36(31)20-26)30-5-3-4-25(18-30)33-12-9-27(21-39-33)29-15-17-43-23-29;;;/h1-18,21-23H;2*1-17,19,21-23H;;;/q3*-2;3*+2. The summed E-state index contributed by atoms with van der Waals surface area (Å²) < 4.78 is 42.3. The van der Waals surface area contributed by atoms with E-state index in [0.717, 1.165) is 245 Å². The van der Waals surface area contributed by atoms with E-state index < -0.39 is 0 Å². The summed E-state index contributed by atoms with van der Waals surface area (Å²) in [5.41, 5.74) is 32.4. The molecule has 0 radical (unpaired) electrons. The summed E-state index contributed by atoms with van der Waals surface area (Å²) in [6.07, 6.45) is 26.2. The molecule has 12 aromatic carbocycles. The van der Waals surface area contributed by atoms with Crippen molar-refractivity contribution >= 4 is 130 Å². The molecule has 0 saturated carbocycles. The molecule has 0 unspecified atom stereocenters. The molecule has 0 atom stereocenters. The van der Waals surface area contributed by atoms with Gasteiger partial charge in [-0.15, -0.1) is 155 Å². The molecule has 0 amide bonds. The van der Waals surface area contributed by atoms with E-state index in [4.69, 9.17) is 51.4 Å². The van der Waals surface area contributed by atoms with Crippen molar-refractivity contribution in [2.24, 2.45) is 0 Å². The summed E-state index contributed by atoms with van der Waals surface area (Å²) in [7, 11) is 0. The quantitative estimate of drug-likeness (QED) is 0.0891. The van der Waals surface area contributed by atoms with Crippen LogP contribution in [0.4, 0.5) is 0 Å². The van der Waals surface area contributed by atoms with Gasteiger partial charge >= 0.3 is 63.2 Å². The number of furan rings is 6. The van der Waals surface area contributed by atoms with Crippen LogP contribution in [0.3, 0.4) is 0 Å². The molecule has 0 aliphatic carbocycles. The number of fused-ring (bicyclic) bond motifs is 12. The molecular weight excluding hydrogens is 2270 g/mol. The molecule has 648 valence electrons. The first-order valence-electron chi connectivity index (χ1n) is 42.6. The Morgan fingerprint density at radius 2 is 0.637 bits per heavy atom. The van der Waals surface area contributed by atoms with Crippen LogP contribution in [0.25, 0.3) is 245 Å². The first-order valence-corrected chi connectivity index (χ1v) is 45.0. The van der Waals surface area contributed by atoms with E-state index in [1.807, 2.05) is 110 Å². The van der Waals surface area contributed by atoms with Gasteiger partial charge in [-0.1, -0.05) is 131 Å². The van der Waals surface area contributed by atoms with Crippen molar-refractivity contribution in [3.8, 4) is 149 Å². The second-order valence-electron chi connectivity index (χ2n) is 31.8. The fourth-order valence-corrected chi connectivity index (χ4v) is 20.4. The third kappa shape index (κ3) is 16.0. The van der Waals surface area contributed by atoms with Gasteiger partial charge in [-0.25, -0.2) is 0 Å². The summed E-state index contributed by atoms with van der Waals surface area (Å²) >= 11 is 5.04. The van der Waals surface area contributed by atoms with Gasteiger partial charge in [0.15, 0.2) is 0 Å². The number of nitrogens with zero attached hydrogens (tertiary/aromatic N) is 9. The second kappa shape index (κ2) is 36.5. The Labute approximate surface area is 826 Å². The summed E-state index contributed by atoms with van der Waals surface area (Å²) in [6.45, 7) is 0. The fraction of sp³-hybridized carbons (Fsp3) is 0. The molecule has 0 N–H and O–H groups in total. The number of hydrogen-bond donors (Lipinski definition) is 0. The third-order valence-corrected chi connectivity index (χ3v) is 27.1. The van der Waals surface area contributed by atoms with Crippen LogP contribution in [0.15, 0.2) is 411 Å². The van der Waals surface area contributed by atoms with E-state index in [1.54, 1.807) is 109 Å². The first kappa shape index (κ1) is 85.4. The SMILES string of the molecule is [Pt+2].[Pt+2].[Pt+2].[c-]1c(-c2ccc(-c3ccoc3)cn2)ccc(-c2ccoc2)c1-n1c2[c-]c(-c3nc4ccccc4s3)ccc2c2ccccc21.[c-]1c(-c2ccc(-c3ccoc3)cn2)cccc1-n1c2[c-]c(-c3nc4ccccc4s3)ccc2c2cc(-c3ccoc3)ccc21.[c-]1c(-c2ccccn2)cccc1-n1c2[c-]c(-c3nc4ccc(-c5ccoc5)cc4s3)ccc2c2cc(-c3ccoc3)ccc21. The molecular formula is C114H63N9O6Pt3S3. The Morgan fingerprint density at radius 1 is 0.244 bits per heavy atom. The second-order valence-corrected chi connectivity index (χ2v) is 34.8. The van der Waals surface area contributed by atoms with Crippen LogP contribution < -0.4 is 0 Å². The van der Waals surface area contributed by atoms with Gasteiger partial charge in [-0.3, -0.25) is 15.0 Å². The van der Waals surface area contributed by atoms with Crippen LogP contribution >= 0.6 is 34.0 Å². The molecule has 15 nitrogen and oxygen atoms in total. The molecule has 0 fully saturated rings. The number of pyridine rings is 3. The molecule has 15 heterocycles.